The minimum atomic E-state index is 0.0166. The van der Waals surface area contributed by atoms with Crippen LogP contribution in [-0.2, 0) is 9.59 Å². The van der Waals surface area contributed by atoms with E-state index in [1.807, 2.05) is 0 Å². The lowest BCUT2D eigenvalue weighted by molar-refractivity contribution is -0.124. The molecule has 2 heterocycles. The van der Waals surface area contributed by atoms with Crippen LogP contribution in [0.5, 0.6) is 0 Å². The molecule has 2 fully saturated rings. The van der Waals surface area contributed by atoms with Crippen LogP contribution >= 0.6 is 23.5 Å². The molecule has 2 aliphatic rings. The molecule has 2 N–H and O–H groups in total. The molecule has 0 aromatic rings. The summed E-state index contributed by atoms with van der Waals surface area (Å²) in [6, 6.07) is 0. The first-order valence-electron chi connectivity index (χ1n) is 6.13. The molecule has 0 unspecified atom stereocenters. The highest BCUT2D eigenvalue weighted by atomic mass is 32.2. The van der Waals surface area contributed by atoms with Gasteiger partial charge in [0.15, 0.2) is 10.3 Å². The zero-order chi connectivity index (χ0) is 13.8. The number of nitrogens with one attached hydrogen (secondary N) is 2. The summed E-state index contributed by atoms with van der Waals surface area (Å²) in [6.07, 6.45) is 2.55. The second-order valence-corrected chi connectivity index (χ2v) is 6.27. The predicted molar refractivity (Wildman–Crippen MR) is 77.6 cm³/mol. The summed E-state index contributed by atoms with van der Waals surface area (Å²) in [5.74, 6) is 0.802. The van der Waals surface area contributed by atoms with Crippen LogP contribution in [-0.4, -0.2) is 56.5 Å². The molecule has 8 heteroatoms. The first-order chi connectivity index (χ1) is 9.09. The van der Waals surface area contributed by atoms with Crippen LogP contribution in [0.2, 0.25) is 0 Å². The molecule has 0 spiro atoms. The Morgan fingerprint density at radius 1 is 0.842 bits per heavy atom. The Balaban J connectivity index is 1.62. The summed E-state index contributed by atoms with van der Waals surface area (Å²) in [6.45, 7) is 1.18. The zero-order valence-corrected chi connectivity index (χ0v) is 12.1. The van der Waals surface area contributed by atoms with Crippen LogP contribution in [0.3, 0.4) is 0 Å². The molecule has 2 rings (SSSR count). The summed E-state index contributed by atoms with van der Waals surface area (Å²) >= 11 is 2.55. The van der Waals surface area contributed by atoms with Crippen LogP contribution in [0.4, 0.5) is 0 Å². The number of thioether (sulfide) groups is 2. The molecule has 2 saturated heterocycles. The maximum Gasteiger partial charge on any atom is 0.239 e. The second-order valence-electron chi connectivity index (χ2n) is 4.34. The fraction of sp³-hybridized carbons (Fsp3) is 0.636. The van der Waals surface area contributed by atoms with Gasteiger partial charge in [0.2, 0.25) is 11.8 Å². The molecular weight excluding hydrogens is 284 g/mol. The number of amidine groups is 2. The fourth-order valence-electron chi connectivity index (χ4n) is 1.97. The van der Waals surface area contributed by atoms with Gasteiger partial charge in [-0.05, 0) is 19.3 Å². The Morgan fingerprint density at radius 2 is 1.26 bits per heavy atom. The Morgan fingerprint density at radius 3 is 1.58 bits per heavy atom. The van der Waals surface area contributed by atoms with Gasteiger partial charge in [0.05, 0.1) is 11.5 Å². The van der Waals surface area contributed by atoms with Crippen molar-refractivity contribution in [3.63, 3.8) is 0 Å². The normalized spacial score (nSPS) is 20.0. The number of hydrogen-bond acceptors (Lipinski definition) is 6. The van der Waals surface area contributed by atoms with E-state index in [9.17, 15) is 9.59 Å². The third kappa shape index (κ3) is 3.50. The van der Waals surface area contributed by atoms with E-state index < -0.39 is 0 Å². The summed E-state index contributed by atoms with van der Waals surface area (Å²) in [5.41, 5.74) is 0. The Labute approximate surface area is 120 Å². The largest absolute Gasteiger partial charge is 0.291 e. The van der Waals surface area contributed by atoms with Crippen molar-refractivity contribution in [3.8, 4) is 0 Å². The van der Waals surface area contributed by atoms with E-state index in [2.05, 4.69) is 0 Å². The van der Waals surface area contributed by atoms with Crippen molar-refractivity contribution in [2.45, 2.75) is 19.3 Å². The van der Waals surface area contributed by atoms with Gasteiger partial charge in [0.1, 0.15) is 0 Å². The first-order valence-corrected chi connectivity index (χ1v) is 8.10. The quantitative estimate of drug-likeness (QED) is 0.721. The molecule has 0 saturated carbocycles. The smallest absolute Gasteiger partial charge is 0.239 e. The Bertz CT molecular complexity index is 357. The van der Waals surface area contributed by atoms with E-state index in [4.69, 9.17) is 10.8 Å². The van der Waals surface area contributed by atoms with Crippen molar-refractivity contribution in [1.82, 2.24) is 9.80 Å². The lowest BCUT2D eigenvalue weighted by Gasteiger charge is -2.16. The summed E-state index contributed by atoms with van der Waals surface area (Å²) in [5, 5.41) is 15.9. The Kier molecular flexibility index (Phi) is 4.87. The summed E-state index contributed by atoms with van der Waals surface area (Å²) < 4.78 is 0. The van der Waals surface area contributed by atoms with Gasteiger partial charge >= 0.3 is 0 Å². The third-order valence-electron chi connectivity index (χ3n) is 3.02. The first kappa shape index (κ1) is 14.4. The van der Waals surface area contributed by atoms with Crippen molar-refractivity contribution in [1.29, 1.82) is 10.8 Å². The maximum atomic E-state index is 11.4. The van der Waals surface area contributed by atoms with Crippen LogP contribution in [0.1, 0.15) is 19.3 Å². The number of rotatable bonds is 6. The molecule has 0 aliphatic carbocycles. The minimum absolute atomic E-state index is 0.0166. The van der Waals surface area contributed by atoms with Crippen molar-refractivity contribution >= 4 is 45.7 Å². The van der Waals surface area contributed by atoms with E-state index in [1.54, 1.807) is 0 Å². The van der Waals surface area contributed by atoms with Gasteiger partial charge < -0.3 is 0 Å². The number of carbonyl (C=O) groups is 2. The lowest BCUT2D eigenvalue weighted by Crippen LogP contribution is -2.31. The zero-order valence-electron chi connectivity index (χ0n) is 10.5. The number of nitrogens with zero attached hydrogens (tertiary/aromatic N) is 2. The van der Waals surface area contributed by atoms with Crippen LogP contribution in [0.15, 0.2) is 0 Å². The van der Waals surface area contributed by atoms with Crippen molar-refractivity contribution in [2.24, 2.45) is 0 Å². The average molecular weight is 300 g/mol. The number of hydrogen-bond donors (Lipinski definition) is 2. The van der Waals surface area contributed by atoms with E-state index in [0.29, 0.717) is 34.9 Å². The van der Waals surface area contributed by atoms with Gasteiger partial charge in [-0.25, -0.2) is 0 Å². The van der Waals surface area contributed by atoms with Gasteiger partial charge in [-0.3, -0.25) is 30.2 Å². The molecule has 2 aliphatic heterocycles. The molecule has 0 atom stereocenters. The molecule has 0 radical (unpaired) electrons. The van der Waals surface area contributed by atoms with Crippen molar-refractivity contribution < 1.29 is 9.59 Å². The fourth-order valence-corrected chi connectivity index (χ4v) is 3.50. The van der Waals surface area contributed by atoms with E-state index in [0.717, 1.165) is 19.3 Å². The average Bonchev–Trinajstić information content (AvgIpc) is 2.86. The molecule has 104 valence electrons. The number of unbranched alkanes of at least 4 members (excludes halogenated alkanes) is 2. The molecule has 0 bridgehead atoms. The van der Waals surface area contributed by atoms with Crippen LogP contribution in [0.25, 0.3) is 0 Å². The van der Waals surface area contributed by atoms with Gasteiger partial charge in [-0.2, -0.15) is 0 Å². The summed E-state index contributed by atoms with van der Waals surface area (Å²) in [4.78, 5) is 25.9. The summed E-state index contributed by atoms with van der Waals surface area (Å²) in [7, 11) is 0. The van der Waals surface area contributed by atoms with E-state index in [-0.39, 0.29) is 11.8 Å². The second kappa shape index (κ2) is 6.42. The predicted octanol–water partition coefficient (Wildman–Crippen LogP) is 1.18. The van der Waals surface area contributed by atoms with Gasteiger partial charge in [-0.1, -0.05) is 23.5 Å². The highest BCUT2D eigenvalue weighted by Gasteiger charge is 2.27. The molecule has 19 heavy (non-hydrogen) atoms. The number of carbonyl (C=O) groups excluding carboxylic acids is 2. The van der Waals surface area contributed by atoms with Crippen molar-refractivity contribution in [2.75, 3.05) is 24.6 Å². The molecule has 0 aromatic heterocycles. The molecule has 2 amide bonds. The minimum Gasteiger partial charge on any atom is -0.291 e. The van der Waals surface area contributed by atoms with Gasteiger partial charge in [0.25, 0.3) is 0 Å². The van der Waals surface area contributed by atoms with E-state index >= 15 is 0 Å². The van der Waals surface area contributed by atoms with Crippen LogP contribution in [0, 0.1) is 10.8 Å². The SMILES string of the molecule is N=C1SCC(=O)N1CCCCCN1C(=N)SCC1=O. The standard InChI is InChI=1S/C11H16N4O2S2/c12-10-14(8(16)6-18-10)4-2-1-3-5-15-9(17)7-19-11(15)13/h12-13H,1-7H2. The third-order valence-corrected chi connectivity index (χ3v) is 4.79. The number of amides is 2. The topological polar surface area (TPSA) is 88.3 Å². The monoisotopic (exact) mass is 300 g/mol. The lowest BCUT2D eigenvalue weighted by atomic mass is 10.2. The Hall–Kier alpha value is -1.02. The van der Waals surface area contributed by atoms with Crippen LogP contribution < -0.4 is 0 Å². The highest BCUT2D eigenvalue weighted by molar-refractivity contribution is 8.15. The van der Waals surface area contributed by atoms with Gasteiger partial charge in [-0.15, -0.1) is 0 Å². The highest BCUT2D eigenvalue weighted by Crippen LogP contribution is 2.20. The molecule has 6 nitrogen and oxygen atoms in total. The van der Waals surface area contributed by atoms with Crippen molar-refractivity contribution in [3.05, 3.63) is 0 Å². The molecule has 0 aromatic carbocycles. The maximum absolute atomic E-state index is 11.4. The van der Waals surface area contributed by atoms with Gasteiger partial charge in [0, 0.05) is 13.1 Å². The molecular formula is C11H16N4O2S2. The van der Waals surface area contributed by atoms with E-state index in [1.165, 1.54) is 33.3 Å².